The van der Waals surface area contributed by atoms with Crippen LogP contribution in [0.15, 0.2) is 30.3 Å². The second kappa shape index (κ2) is 10.3. The Bertz CT molecular complexity index is 829. The number of carbonyl (C=O) groups excluding carboxylic acids is 2. The standard InChI is InChI=1S/C22H34N2O6SSi/c1-8-31-21-18(15(2)30-32(6,7)22(3,4)5)19(26)23(21)14-17(25)29-20(24(27)28)16-12-10-9-11-13-16/h9-13,15,18,20-21H,8,14H2,1-7H3/t15-,18+,20?,21-/m1/s1. The predicted octanol–water partition coefficient (Wildman–Crippen LogP) is 4.45. The Balaban J connectivity index is 2.08. The fraction of sp³-hybridized carbons (Fsp3) is 0.636. The van der Waals surface area contributed by atoms with Crippen molar-refractivity contribution in [3.63, 3.8) is 0 Å². The maximum atomic E-state index is 13.0. The van der Waals surface area contributed by atoms with Crippen LogP contribution in [0.5, 0.6) is 0 Å². The summed E-state index contributed by atoms with van der Waals surface area (Å²) in [6, 6.07) is 8.06. The van der Waals surface area contributed by atoms with Crippen LogP contribution in [0, 0.1) is 16.0 Å². The summed E-state index contributed by atoms with van der Waals surface area (Å²) in [5.41, 5.74) is 0.273. The number of nitro groups is 1. The highest BCUT2D eigenvalue weighted by molar-refractivity contribution is 7.99. The molecule has 1 aliphatic rings. The highest BCUT2D eigenvalue weighted by Crippen LogP contribution is 2.42. The van der Waals surface area contributed by atoms with Gasteiger partial charge in [-0.1, -0.05) is 45.9 Å². The van der Waals surface area contributed by atoms with E-state index >= 15 is 0 Å². The summed E-state index contributed by atoms with van der Waals surface area (Å²) in [6.07, 6.45) is -1.88. The maximum Gasteiger partial charge on any atom is 0.382 e. The zero-order chi connectivity index (χ0) is 24.3. The first-order valence-electron chi connectivity index (χ1n) is 10.8. The summed E-state index contributed by atoms with van der Waals surface area (Å²) in [5.74, 6) is -0.588. The van der Waals surface area contributed by atoms with E-state index in [4.69, 9.17) is 9.16 Å². The number of hydrogen-bond acceptors (Lipinski definition) is 7. The van der Waals surface area contributed by atoms with Gasteiger partial charge in [0.05, 0.1) is 27.9 Å². The molecule has 0 saturated carbocycles. The van der Waals surface area contributed by atoms with E-state index in [1.54, 1.807) is 30.0 Å². The van der Waals surface area contributed by atoms with Gasteiger partial charge in [0.2, 0.25) is 5.91 Å². The third-order valence-corrected chi connectivity index (χ3v) is 11.9. The molecule has 1 aromatic carbocycles. The molecule has 32 heavy (non-hydrogen) atoms. The van der Waals surface area contributed by atoms with E-state index in [1.807, 2.05) is 13.8 Å². The number of thioether (sulfide) groups is 1. The number of carbonyl (C=O) groups is 2. The summed E-state index contributed by atoms with van der Waals surface area (Å²) in [6.45, 7) is 14.3. The van der Waals surface area contributed by atoms with Gasteiger partial charge < -0.3 is 14.1 Å². The number of amides is 1. The number of esters is 1. The summed E-state index contributed by atoms with van der Waals surface area (Å²) in [4.78, 5) is 37.7. The van der Waals surface area contributed by atoms with Gasteiger partial charge in [-0.05, 0) is 42.9 Å². The molecule has 10 heteroatoms. The molecule has 0 spiro atoms. The lowest BCUT2D eigenvalue weighted by Crippen LogP contribution is -2.65. The monoisotopic (exact) mass is 482 g/mol. The molecular weight excluding hydrogens is 448 g/mol. The minimum atomic E-state index is -2.07. The highest BCUT2D eigenvalue weighted by atomic mass is 32.2. The number of nitrogens with zero attached hydrogens (tertiary/aromatic N) is 2. The van der Waals surface area contributed by atoms with Crippen LogP contribution in [0.2, 0.25) is 18.1 Å². The van der Waals surface area contributed by atoms with Crippen molar-refractivity contribution >= 4 is 32.0 Å². The number of hydrogen-bond donors (Lipinski definition) is 0. The van der Waals surface area contributed by atoms with Crippen LogP contribution in [-0.4, -0.2) is 53.8 Å². The molecule has 0 radical (unpaired) electrons. The van der Waals surface area contributed by atoms with Crippen LogP contribution >= 0.6 is 11.8 Å². The molecule has 0 aliphatic carbocycles. The van der Waals surface area contributed by atoms with E-state index in [0.717, 1.165) is 5.75 Å². The van der Waals surface area contributed by atoms with Gasteiger partial charge in [0.1, 0.15) is 6.54 Å². The molecule has 1 unspecified atom stereocenters. The van der Waals surface area contributed by atoms with Crippen molar-refractivity contribution in [2.24, 2.45) is 5.92 Å². The number of benzene rings is 1. The third-order valence-electron chi connectivity index (χ3n) is 6.13. The Hall–Kier alpha value is -1.91. The smallest absolute Gasteiger partial charge is 0.382 e. The fourth-order valence-corrected chi connectivity index (χ4v) is 6.06. The minimum absolute atomic E-state index is 0.0138. The van der Waals surface area contributed by atoms with E-state index in [-0.39, 0.29) is 40.4 Å². The van der Waals surface area contributed by atoms with Gasteiger partial charge in [-0.25, -0.2) is 4.79 Å². The lowest BCUT2D eigenvalue weighted by molar-refractivity contribution is -0.576. The SMILES string of the molecule is CCS[C@@H]1[C@@H]([C@@H](C)O[Si](C)(C)C(C)(C)C)C(=O)N1CC(=O)OC(c1ccccc1)[N+](=O)[O-]. The molecule has 1 amide bonds. The van der Waals surface area contributed by atoms with Crippen molar-refractivity contribution < 1.29 is 23.7 Å². The average Bonchev–Trinajstić information content (AvgIpc) is 2.69. The Kier molecular flexibility index (Phi) is 8.52. The summed E-state index contributed by atoms with van der Waals surface area (Å²) in [7, 11) is -2.07. The summed E-state index contributed by atoms with van der Waals surface area (Å²) >= 11 is 1.56. The largest absolute Gasteiger partial charge is 0.413 e. The third kappa shape index (κ3) is 5.90. The van der Waals surface area contributed by atoms with Gasteiger partial charge in [-0.2, -0.15) is 0 Å². The first-order chi connectivity index (χ1) is 14.8. The van der Waals surface area contributed by atoms with Crippen LogP contribution in [0.3, 0.4) is 0 Å². The van der Waals surface area contributed by atoms with Gasteiger partial charge in [-0.15, -0.1) is 11.8 Å². The van der Waals surface area contributed by atoms with Crippen LogP contribution in [-0.2, 0) is 18.8 Å². The van der Waals surface area contributed by atoms with E-state index in [0.29, 0.717) is 0 Å². The Morgan fingerprint density at radius 1 is 1.28 bits per heavy atom. The molecule has 2 rings (SSSR count). The number of likely N-dealkylation sites (tertiary alicyclic amines) is 1. The lowest BCUT2D eigenvalue weighted by Gasteiger charge is -2.50. The van der Waals surface area contributed by atoms with Crippen LogP contribution in [0.1, 0.15) is 46.4 Å². The molecule has 1 saturated heterocycles. The number of rotatable bonds is 10. The van der Waals surface area contributed by atoms with Gasteiger partial charge in [0, 0.05) is 0 Å². The van der Waals surface area contributed by atoms with Crippen LogP contribution < -0.4 is 0 Å². The van der Waals surface area contributed by atoms with Crippen LogP contribution in [0.4, 0.5) is 0 Å². The second-order valence-electron chi connectivity index (χ2n) is 9.46. The van der Waals surface area contributed by atoms with Crippen molar-refractivity contribution in [3.8, 4) is 0 Å². The Labute approximate surface area is 195 Å². The molecular formula is C22H34N2O6SSi. The second-order valence-corrected chi connectivity index (χ2v) is 15.6. The van der Waals surface area contributed by atoms with Crippen LogP contribution in [0.25, 0.3) is 0 Å². The topological polar surface area (TPSA) is 99.0 Å². The normalized spacial score (nSPS) is 21.0. The Morgan fingerprint density at radius 3 is 2.38 bits per heavy atom. The van der Waals surface area contributed by atoms with Crippen molar-refractivity contribution in [2.45, 2.75) is 70.5 Å². The van der Waals surface area contributed by atoms with Crippen molar-refractivity contribution in [2.75, 3.05) is 12.3 Å². The number of ether oxygens (including phenoxy) is 1. The van der Waals surface area contributed by atoms with Crippen molar-refractivity contribution in [1.29, 1.82) is 0 Å². The Morgan fingerprint density at radius 2 is 1.88 bits per heavy atom. The first kappa shape index (κ1) is 26.3. The predicted molar refractivity (Wildman–Crippen MR) is 127 cm³/mol. The zero-order valence-electron chi connectivity index (χ0n) is 19.9. The van der Waals surface area contributed by atoms with E-state index in [1.165, 1.54) is 17.0 Å². The van der Waals surface area contributed by atoms with Gasteiger partial charge in [-0.3, -0.25) is 14.9 Å². The van der Waals surface area contributed by atoms with E-state index < -0.39 is 25.4 Å². The molecule has 4 atom stereocenters. The molecule has 1 fully saturated rings. The molecule has 8 nitrogen and oxygen atoms in total. The zero-order valence-corrected chi connectivity index (χ0v) is 21.7. The van der Waals surface area contributed by atoms with Gasteiger partial charge in [0.25, 0.3) is 0 Å². The molecule has 0 aromatic heterocycles. The van der Waals surface area contributed by atoms with E-state index in [2.05, 4.69) is 33.9 Å². The molecule has 0 bridgehead atoms. The maximum absolute atomic E-state index is 13.0. The van der Waals surface area contributed by atoms with Gasteiger partial charge in [0.15, 0.2) is 8.32 Å². The molecule has 1 heterocycles. The highest BCUT2D eigenvalue weighted by Gasteiger charge is 2.53. The van der Waals surface area contributed by atoms with Gasteiger partial charge >= 0.3 is 12.2 Å². The molecule has 178 valence electrons. The fourth-order valence-electron chi connectivity index (χ4n) is 3.38. The minimum Gasteiger partial charge on any atom is -0.413 e. The molecule has 1 aliphatic heterocycles. The summed E-state index contributed by atoms with van der Waals surface area (Å²) in [5, 5.41) is 11.2. The van der Waals surface area contributed by atoms with E-state index in [9.17, 15) is 19.7 Å². The van der Waals surface area contributed by atoms with Crippen molar-refractivity contribution in [3.05, 3.63) is 46.0 Å². The first-order valence-corrected chi connectivity index (χ1v) is 14.7. The quantitative estimate of drug-likeness (QED) is 0.121. The van der Waals surface area contributed by atoms with Crippen molar-refractivity contribution in [1.82, 2.24) is 4.90 Å². The lowest BCUT2D eigenvalue weighted by atomic mass is 9.93. The average molecular weight is 483 g/mol. The number of β-lactam (4-membered cyclic amide) rings is 1. The molecule has 0 N–H and O–H groups in total. The molecule has 1 aromatic rings. The summed E-state index contributed by atoms with van der Waals surface area (Å²) < 4.78 is 11.6.